The molecule has 1 aromatic rings. The number of rotatable bonds is 1. The Bertz CT molecular complexity index is 437. The SMILES string of the molecule is CC[C@@]12CCC[C@H](Cc3ccc(O)cc31)[C@@H]2C. The van der Waals surface area contributed by atoms with Gasteiger partial charge in [-0.25, -0.2) is 0 Å². The van der Waals surface area contributed by atoms with E-state index in [4.69, 9.17) is 0 Å². The Balaban J connectivity index is 2.19. The maximum atomic E-state index is 9.78. The Labute approximate surface area is 104 Å². The smallest absolute Gasteiger partial charge is 0.115 e. The molecule has 17 heavy (non-hydrogen) atoms. The lowest BCUT2D eigenvalue weighted by molar-refractivity contribution is 0.105. The van der Waals surface area contributed by atoms with E-state index in [9.17, 15) is 5.11 Å². The maximum Gasteiger partial charge on any atom is 0.115 e. The van der Waals surface area contributed by atoms with Crippen LogP contribution in [-0.4, -0.2) is 5.11 Å². The van der Waals surface area contributed by atoms with Crippen LogP contribution in [0.5, 0.6) is 5.75 Å². The highest BCUT2D eigenvalue weighted by Crippen LogP contribution is 2.54. The molecule has 1 fully saturated rings. The Kier molecular flexibility index (Phi) is 2.46. The average Bonchev–Trinajstić information content (AvgIpc) is 2.32. The fourth-order valence-electron chi connectivity index (χ4n) is 4.44. The standard InChI is InChI=1S/C16H22O/c1-3-16-8-4-5-12(11(16)2)9-13-6-7-14(17)10-15(13)16/h6-7,10-12,17H,3-5,8-9H2,1-2H3/t11-,12+,16-/m0/s1. The molecule has 2 aliphatic carbocycles. The van der Waals surface area contributed by atoms with Gasteiger partial charge in [0.2, 0.25) is 0 Å². The highest BCUT2D eigenvalue weighted by Gasteiger charge is 2.47. The van der Waals surface area contributed by atoms with Crippen LogP contribution >= 0.6 is 0 Å². The molecule has 1 N–H and O–H groups in total. The normalized spacial score (nSPS) is 35.4. The summed E-state index contributed by atoms with van der Waals surface area (Å²) in [4.78, 5) is 0. The topological polar surface area (TPSA) is 20.2 Å². The fraction of sp³-hybridized carbons (Fsp3) is 0.625. The van der Waals surface area contributed by atoms with Crippen LogP contribution in [0.2, 0.25) is 0 Å². The molecule has 0 heterocycles. The van der Waals surface area contributed by atoms with Crippen molar-refractivity contribution in [3.05, 3.63) is 29.3 Å². The number of benzene rings is 1. The number of phenolic OH excluding ortho intramolecular Hbond substituents is 1. The molecule has 1 nitrogen and oxygen atoms in total. The molecule has 0 aromatic heterocycles. The van der Waals surface area contributed by atoms with Crippen LogP contribution < -0.4 is 0 Å². The largest absolute Gasteiger partial charge is 0.508 e. The molecule has 0 aliphatic heterocycles. The van der Waals surface area contributed by atoms with Gasteiger partial charge in [-0.15, -0.1) is 0 Å². The fourth-order valence-corrected chi connectivity index (χ4v) is 4.44. The van der Waals surface area contributed by atoms with Crippen molar-refractivity contribution in [3.63, 3.8) is 0 Å². The van der Waals surface area contributed by atoms with Gasteiger partial charge in [0, 0.05) is 0 Å². The lowest BCUT2D eigenvalue weighted by Gasteiger charge is -2.51. The Morgan fingerprint density at radius 3 is 3.00 bits per heavy atom. The number of hydrogen-bond donors (Lipinski definition) is 1. The third kappa shape index (κ3) is 1.44. The predicted octanol–water partition coefficient (Wildman–Crippen LogP) is 4.03. The molecule has 3 atom stereocenters. The first-order chi connectivity index (χ1) is 8.17. The van der Waals surface area contributed by atoms with Crippen LogP contribution in [0.1, 0.15) is 50.7 Å². The molecular weight excluding hydrogens is 208 g/mol. The summed E-state index contributed by atoms with van der Waals surface area (Å²) >= 11 is 0. The first kappa shape index (κ1) is 11.1. The molecule has 2 aliphatic rings. The van der Waals surface area contributed by atoms with Gasteiger partial charge in [0.1, 0.15) is 5.75 Å². The first-order valence-electron chi connectivity index (χ1n) is 7.00. The average molecular weight is 230 g/mol. The van der Waals surface area contributed by atoms with Crippen molar-refractivity contribution in [2.45, 2.75) is 51.4 Å². The van der Waals surface area contributed by atoms with E-state index < -0.39 is 0 Å². The number of phenols is 1. The second-order valence-corrected chi connectivity index (χ2v) is 6.00. The molecule has 1 aromatic carbocycles. The summed E-state index contributed by atoms with van der Waals surface area (Å²) in [5, 5.41) is 9.78. The summed E-state index contributed by atoms with van der Waals surface area (Å²) in [6, 6.07) is 6.05. The van der Waals surface area contributed by atoms with Crippen molar-refractivity contribution >= 4 is 0 Å². The van der Waals surface area contributed by atoms with Gasteiger partial charge in [0.05, 0.1) is 0 Å². The minimum Gasteiger partial charge on any atom is -0.508 e. The monoisotopic (exact) mass is 230 g/mol. The molecule has 0 amide bonds. The zero-order valence-electron chi connectivity index (χ0n) is 10.9. The zero-order chi connectivity index (χ0) is 12.0. The summed E-state index contributed by atoms with van der Waals surface area (Å²) in [5.74, 6) is 2.07. The first-order valence-corrected chi connectivity index (χ1v) is 7.00. The molecular formula is C16H22O. The molecule has 3 rings (SSSR count). The van der Waals surface area contributed by atoms with Gasteiger partial charge >= 0.3 is 0 Å². The van der Waals surface area contributed by atoms with Crippen LogP contribution in [-0.2, 0) is 11.8 Å². The van der Waals surface area contributed by atoms with E-state index in [1.807, 2.05) is 12.1 Å². The summed E-state index contributed by atoms with van der Waals surface area (Å²) in [7, 11) is 0. The highest BCUT2D eigenvalue weighted by atomic mass is 16.3. The van der Waals surface area contributed by atoms with Crippen LogP contribution in [0.3, 0.4) is 0 Å². The summed E-state index contributed by atoms with van der Waals surface area (Å²) in [6.45, 7) is 4.75. The number of hydrogen-bond acceptors (Lipinski definition) is 1. The van der Waals surface area contributed by atoms with E-state index in [0.29, 0.717) is 11.2 Å². The number of fused-ring (bicyclic) bond motifs is 4. The van der Waals surface area contributed by atoms with Crippen molar-refractivity contribution in [1.29, 1.82) is 0 Å². The third-order valence-corrected chi connectivity index (χ3v) is 5.52. The summed E-state index contributed by atoms with van der Waals surface area (Å²) in [6.07, 6.45) is 6.48. The molecule has 0 radical (unpaired) electrons. The van der Waals surface area contributed by atoms with E-state index >= 15 is 0 Å². The van der Waals surface area contributed by atoms with Crippen molar-refractivity contribution in [2.24, 2.45) is 11.8 Å². The van der Waals surface area contributed by atoms with E-state index in [-0.39, 0.29) is 0 Å². The van der Waals surface area contributed by atoms with Crippen molar-refractivity contribution in [2.75, 3.05) is 0 Å². The zero-order valence-corrected chi connectivity index (χ0v) is 10.9. The molecule has 0 saturated heterocycles. The van der Waals surface area contributed by atoms with Crippen LogP contribution in [0, 0.1) is 11.8 Å². The summed E-state index contributed by atoms with van der Waals surface area (Å²) in [5.41, 5.74) is 3.28. The lowest BCUT2D eigenvalue weighted by Crippen LogP contribution is -2.45. The van der Waals surface area contributed by atoms with E-state index in [1.54, 1.807) is 0 Å². The minimum absolute atomic E-state index is 0.342. The lowest BCUT2D eigenvalue weighted by atomic mass is 9.53. The molecule has 0 unspecified atom stereocenters. The number of aromatic hydroxyl groups is 1. The second kappa shape index (κ2) is 3.76. The molecule has 1 heteroatoms. The van der Waals surface area contributed by atoms with Crippen molar-refractivity contribution in [3.8, 4) is 5.75 Å². The van der Waals surface area contributed by atoms with Gasteiger partial charge in [0.15, 0.2) is 0 Å². The van der Waals surface area contributed by atoms with Gasteiger partial charge in [-0.1, -0.05) is 26.3 Å². The van der Waals surface area contributed by atoms with E-state index in [0.717, 1.165) is 11.8 Å². The van der Waals surface area contributed by atoms with E-state index in [1.165, 1.54) is 43.2 Å². The van der Waals surface area contributed by atoms with Gasteiger partial charge in [0.25, 0.3) is 0 Å². The van der Waals surface area contributed by atoms with Crippen LogP contribution in [0.15, 0.2) is 18.2 Å². The molecule has 1 saturated carbocycles. The van der Waals surface area contributed by atoms with Crippen molar-refractivity contribution < 1.29 is 5.11 Å². The third-order valence-electron chi connectivity index (χ3n) is 5.52. The Morgan fingerprint density at radius 2 is 2.24 bits per heavy atom. The van der Waals surface area contributed by atoms with Crippen molar-refractivity contribution in [1.82, 2.24) is 0 Å². The molecule has 0 spiro atoms. The maximum absolute atomic E-state index is 9.78. The van der Waals surface area contributed by atoms with Crippen LogP contribution in [0.4, 0.5) is 0 Å². The van der Waals surface area contributed by atoms with Gasteiger partial charge in [-0.2, -0.15) is 0 Å². The Hall–Kier alpha value is -0.980. The van der Waals surface area contributed by atoms with Crippen LogP contribution in [0.25, 0.3) is 0 Å². The van der Waals surface area contributed by atoms with E-state index in [2.05, 4.69) is 19.9 Å². The highest BCUT2D eigenvalue weighted by molar-refractivity contribution is 5.43. The summed E-state index contributed by atoms with van der Waals surface area (Å²) < 4.78 is 0. The van der Waals surface area contributed by atoms with Gasteiger partial charge < -0.3 is 5.11 Å². The second-order valence-electron chi connectivity index (χ2n) is 6.00. The minimum atomic E-state index is 0.342. The quantitative estimate of drug-likeness (QED) is 0.772. The molecule has 92 valence electrons. The Morgan fingerprint density at radius 1 is 1.41 bits per heavy atom. The van der Waals surface area contributed by atoms with Gasteiger partial charge in [-0.05, 0) is 66.2 Å². The van der Waals surface area contributed by atoms with Gasteiger partial charge in [-0.3, -0.25) is 0 Å². The molecule has 2 bridgehead atoms. The predicted molar refractivity (Wildman–Crippen MR) is 70.3 cm³/mol.